The Morgan fingerprint density at radius 2 is 2.00 bits per heavy atom. The van der Waals surface area contributed by atoms with E-state index < -0.39 is 0 Å². The molecule has 11 heavy (non-hydrogen) atoms. The van der Waals surface area contributed by atoms with Gasteiger partial charge in [0.05, 0.1) is 18.6 Å². The van der Waals surface area contributed by atoms with E-state index in [1.54, 1.807) is 0 Å². The van der Waals surface area contributed by atoms with Crippen LogP contribution in [0.1, 0.15) is 19.8 Å². The second-order valence-corrected chi connectivity index (χ2v) is 2.60. The largest absolute Gasteiger partial charge is 0.302 e. The van der Waals surface area contributed by atoms with Gasteiger partial charge in [0.2, 0.25) is 0 Å². The molecule has 0 aliphatic carbocycles. The Labute approximate surface area is 67.8 Å². The summed E-state index contributed by atoms with van der Waals surface area (Å²) in [5, 5.41) is 16.7. The summed E-state index contributed by atoms with van der Waals surface area (Å²) in [7, 11) is 1.93. The van der Waals surface area contributed by atoms with Gasteiger partial charge in [-0.05, 0) is 14.0 Å². The van der Waals surface area contributed by atoms with Gasteiger partial charge in [-0.3, -0.25) is 0 Å². The molecule has 3 nitrogen and oxygen atoms in total. The average Bonchev–Trinajstić information content (AvgIpc) is 2.00. The minimum absolute atomic E-state index is 0.258. The Morgan fingerprint density at radius 1 is 1.36 bits per heavy atom. The third kappa shape index (κ3) is 4.36. The lowest BCUT2D eigenvalue weighted by Gasteiger charge is -2.20. The van der Waals surface area contributed by atoms with E-state index in [0.29, 0.717) is 12.8 Å². The lowest BCUT2D eigenvalue weighted by molar-refractivity contribution is 0.266. The zero-order valence-electron chi connectivity index (χ0n) is 7.04. The van der Waals surface area contributed by atoms with Crippen molar-refractivity contribution in [3.8, 4) is 12.1 Å². The molecule has 0 aromatic heterocycles. The lowest BCUT2D eigenvalue weighted by Crippen LogP contribution is -2.29. The number of hydrogen-bond acceptors (Lipinski definition) is 3. The molecular weight excluding hydrogens is 138 g/mol. The Morgan fingerprint density at radius 3 is 2.45 bits per heavy atom. The van der Waals surface area contributed by atoms with Crippen molar-refractivity contribution in [1.29, 1.82) is 10.5 Å². The molecule has 0 saturated carbocycles. The van der Waals surface area contributed by atoms with Crippen LogP contribution in [0.2, 0.25) is 0 Å². The van der Waals surface area contributed by atoms with Crippen molar-refractivity contribution in [2.45, 2.75) is 25.8 Å². The SMILES string of the molecule is CC(CC#N)N(C)CCC#N. The highest BCUT2D eigenvalue weighted by Crippen LogP contribution is 1.99. The molecule has 0 bridgehead atoms. The monoisotopic (exact) mass is 151 g/mol. The first-order valence-corrected chi connectivity index (χ1v) is 3.66. The van der Waals surface area contributed by atoms with Gasteiger partial charge in [0.25, 0.3) is 0 Å². The Balaban J connectivity index is 3.58. The van der Waals surface area contributed by atoms with Crippen LogP contribution >= 0.6 is 0 Å². The van der Waals surface area contributed by atoms with E-state index in [1.807, 2.05) is 18.9 Å². The van der Waals surface area contributed by atoms with Crippen molar-refractivity contribution in [2.75, 3.05) is 13.6 Å². The summed E-state index contributed by atoms with van der Waals surface area (Å²) in [5.41, 5.74) is 0. The van der Waals surface area contributed by atoms with Gasteiger partial charge in [-0.25, -0.2) is 0 Å². The summed E-state index contributed by atoms with van der Waals surface area (Å²) < 4.78 is 0. The molecule has 60 valence electrons. The van der Waals surface area contributed by atoms with Crippen molar-refractivity contribution >= 4 is 0 Å². The third-order valence-corrected chi connectivity index (χ3v) is 1.72. The Hall–Kier alpha value is -1.06. The maximum absolute atomic E-state index is 8.37. The molecule has 0 aliphatic heterocycles. The van der Waals surface area contributed by atoms with Crippen molar-refractivity contribution < 1.29 is 0 Å². The normalized spacial score (nSPS) is 12.1. The van der Waals surface area contributed by atoms with Crippen LogP contribution in [-0.4, -0.2) is 24.5 Å². The van der Waals surface area contributed by atoms with Gasteiger partial charge in [0.1, 0.15) is 0 Å². The highest BCUT2D eigenvalue weighted by atomic mass is 15.1. The van der Waals surface area contributed by atoms with Crippen LogP contribution in [0, 0.1) is 22.7 Å². The fourth-order valence-corrected chi connectivity index (χ4v) is 0.735. The molecule has 0 N–H and O–H groups in total. The summed E-state index contributed by atoms with van der Waals surface area (Å²) in [5.74, 6) is 0. The molecule has 0 heterocycles. The molecule has 0 radical (unpaired) electrons. The summed E-state index contributed by atoms with van der Waals surface area (Å²) in [4.78, 5) is 2.02. The smallest absolute Gasteiger partial charge is 0.0638 e. The van der Waals surface area contributed by atoms with Gasteiger partial charge < -0.3 is 4.90 Å². The van der Waals surface area contributed by atoms with Crippen LogP contribution in [0.15, 0.2) is 0 Å². The molecule has 0 fully saturated rings. The van der Waals surface area contributed by atoms with Gasteiger partial charge in [-0.15, -0.1) is 0 Å². The Kier molecular flexibility index (Phi) is 5.15. The minimum Gasteiger partial charge on any atom is -0.302 e. The predicted molar refractivity (Wildman–Crippen MR) is 42.6 cm³/mol. The zero-order valence-corrected chi connectivity index (χ0v) is 7.04. The maximum atomic E-state index is 8.37. The van der Waals surface area contributed by atoms with Crippen LogP contribution in [0.4, 0.5) is 0 Å². The first kappa shape index (κ1) is 9.94. The number of hydrogen-bond donors (Lipinski definition) is 0. The van der Waals surface area contributed by atoms with E-state index in [1.165, 1.54) is 0 Å². The number of nitrogens with zero attached hydrogens (tertiary/aromatic N) is 3. The quantitative estimate of drug-likeness (QED) is 0.605. The summed E-state index contributed by atoms with van der Waals surface area (Å²) >= 11 is 0. The molecule has 0 aromatic carbocycles. The van der Waals surface area contributed by atoms with Crippen LogP contribution in [0.5, 0.6) is 0 Å². The third-order valence-electron chi connectivity index (χ3n) is 1.72. The predicted octanol–water partition coefficient (Wildman–Crippen LogP) is 1.13. The molecule has 3 heteroatoms. The van der Waals surface area contributed by atoms with Crippen LogP contribution in [-0.2, 0) is 0 Å². The fourth-order valence-electron chi connectivity index (χ4n) is 0.735. The molecule has 1 atom stereocenters. The summed E-state index contributed by atoms with van der Waals surface area (Å²) in [6.07, 6.45) is 1.06. The molecule has 0 saturated heterocycles. The van der Waals surface area contributed by atoms with E-state index >= 15 is 0 Å². The topological polar surface area (TPSA) is 50.8 Å². The lowest BCUT2D eigenvalue weighted by atomic mass is 10.2. The first-order chi connectivity index (χ1) is 5.22. The van der Waals surface area contributed by atoms with Crippen molar-refractivity contribution in [2.24, 2.45) is 0 Å². The van der Waals surface area contributed by atoms with Gasteiger partial charge >= 0.3 is 0 Å². The minimum atomic E-state index is 0.258. The molecule has 0 amide bonds. The standard InChI is InChI=1S/C8H13N3/c1-8(4-6-10)11(2)7-3-5-9/h8H,3-4,7H2,1-2H3. The second-order valence-electron chi connectivity index (χ2n) is 2.60. The molecule has 1 unspecified atom stereocenters. The molecule has 0 rings (SSSR count). The van der Waals surface area contributed by atoms with Gasteiger partial charge in [0.15, 0.2) is 0 Å². The van der Waals surface area contributed by atoms with E-state index in [0.717, 1.165) is 6.54 Å². The molecule has 0 spiro atoms. The first-order valence-electron chi connectivity index (χ1n) is 3.66. The fraction of sp³-hybridized carbons (Fsp3) is 0.750. The van der Waals surface area contributed by atoms with Crippen LogP contribution < -0.4 is 0 Å². The highest BCUT2D eigenvalue weighted by molar-refractivity contribution is 4.80. The maximum Gasteiger partial charge on any atom is 0.0638 e. The van der Waals surface area contributed by atoms with E-state index in [4.69, 9.17) is 10.5 Å². The molecule has 0 aromatic rings. The van der Waals surface area contributed by atoms with Gasteiger partial charge in [0, 0.05) is 19.0 Å². The highest BCUT2D eigenvalue weighted by Gasteiger charge is 2.06. The van der Waals surface area contributed by atoms with Crippen molar-refractivity contribution in [3.63, 3.8) is 0 Å². The Bertz CT molecular complexity index is 175. The van der Waals surface area contributed by atoms with Crippen molar-refractivity contribution in [1.82, 2.24) is 4.90 Å². The van der Waals surface area contributed by atoms with Crippen LogP contribution in [0.25, 0.3) is 0 Å². The number of nitriles is 2. The van der Waals surface area contributed by atoms with E-state index in [9.17, 15) is 0 Å². The molecular formula is C8H13N3. The van der Waals surface area contributed by atoms with Gasteiger partial charge in [-0.2, -0.15) is 10.5 Å². The van der Waals surface area contributed by atoms with Gasteiger partial charge in [-0.1, -0.05) is 0 Å². The zero-order chi connectivity index (χ0) is 8.69. The number of rotatable bonds is 4. The second kappa shape index (κ2) is 5.70. The van der Waals surface area contributed by atoms with E-state index in [-0.39, 0.29) is 6.04 Å². The van der Waals surface area contributed by atoms with Crippen molar-refractivity contribution in [3.05, 3.63) is 0 Å². The average molecular weight is 151 g/mol. The van der Waals surface area contributed by atoms with Crippen LogP contribution in [0.3, 0.4) is 0 Å². The van der Waals surface area contributed by atoms with E-state index in [2.05, 4.69) is 12.1 Å². The summed E-state index contributed by atoms with van der Waals surface area (Å²) in [6.45, 7) is 2.74. The summed E-state index contributed by atoms with van der Waals surface area (Å²) in [6, 6.07) is 4.43. The molecule has 0 aliphatic rings.